The van der Waals surface area contributed by atoms with Crippen molar-refractivity contribution in [2.24, 2.45) is 0 Å². The molecule has 198 valence electrons. The van der Waals surface area contributed by atoms with Gasteiger partial charge < -0.3 is 24.3 Å². The molecule has 1 aliphatic heterocycles. The van der Waals surface area contributed by atoms with E-state index in [-0.39, 0.29) is 18.8 Å². The predicted molar refractivity (Wildman–Crippen MR) is 129 cm³/mol. The van der Waals surface area contributed by atoms with Crippen molar-refractivity contribution in [3.05, 3.63) is 59.7 Å². The molecule has 0 saturated carbocycles. The molecule has 1 amide bonds. The lowest BCUT2D eigenvalue weighted by atomic mass is 10.1. The van der Waals surface area contributed by atoms with Gasteiger partial charge in [-0.25, -0.2) is 0 Å². The quantitative estimate of drug-likeness (QED) is 0.361. The van der Waals surface area contributed by atoms with Crippen molar-refractivity contribution in [1.29, 1.82) is 0 Å². The number of carbonyl (C=O) groups excluding carboxylic acids is 1. The molecule has 0 aromatic heterocycles. The van der Waals surface area contributed by atoms with Crippen LogP contribution < -0.4 is 14.8 Å². The lowest BCUT2D eigenvalue weighted by Crippen LogP contribution is -2.37. The third-order valence-electron chi connectivity index (χ3n) is 5.83. The van der Waals surface area contributed by atoms with Crippen molar-refractivity contribution in [3.8, 4) is 11.5 Å². The van der Waals surface area contributed by atoms with Crippen LogP contribution in [0.2, 0.25) is 0 Å². The Bertz CT molecular complexity index is 934. The zero-order chi connectivity index (χ0) is 26.0. The SMILES string of the molecule is Cc1ccc(OC[C@H]2OC(OCCCCCCNC(=O)C(F)(F)F)C[C@@H]2Oc2ccc(C)cc2)cc1. The molecule has 9 heteroatoms. The van der Waals surface area contributed by atoms with Crippen molar-refractivity contribution in [1.82, 2.24) is 5.32 Å². The van der Waals surface area contributed by atoms with Crippen LogP contribution in [0.4, 0.5) is 13.2 Å². The van der Waals surface area contributed by atoms with E-state index < -0.39 is 18.4 Å². The summed E-state index contributed by atoms with van der Waals surface area (Å²) in [5, 5.41) is 1.88. The fourth-order valence-electron chi connectivity index (χ4n) is 3.76. The Morgan fingerprint density at radius 1 is 0.944 bits per heavy atom. The summed E-state index contributed by atoms with van der Waals surface area (Å²) in [4.78, 5) is 10.8. The van der Waals surface area contributed by atoms with E-state index >= 15 is 0 Å². The number of hydrogen-bond donors (Lipinski definition) is 1. The Hall–Kier alpha value is -2.78. The second-order valence-corrected chi connectivity index (χ2v) is 8.97. The van der Waals surface area contributed by atoms with Gasteiger partial charge in [-0.2, -0.15) is 13.2 Å². The fourth-order valence-corrected chi connectivity index (χ4v) is 3.76. The summed E-state index contributed by atoms with van der Waals surface area (Å²) >= 11 is 0. The van der Waals surface area contributed by atoms with Crippen LogP contribution in [0.25, 0.3) is 0 Å². The molecule has 0 spiro atoms. The number of nitrogens with one attached hydrogen (secondary N) is 1. The molecule has 1 saturated heterocycles. The Morgan fingerprint density at radius 3 is 2.19 bits per heavy atom. The second kappa shape index (κ2) is 13.5. The lowest BCUT2D eigenvalue weighted by Gasteiger charge is -2.20. The van der Waals surface area contributed by atoms with Crippen LogP contribution in [-0.4, -0.2) is 50.3 Å². The van der Waals surface area contributed by atoms with Crippen molar-refractivity contribution >= 4 is 5.91 Å². The number of halogens is 3. The van der Waals surface area contributed by atoms with E-state index in [9.17, 15) is 18.0 Å². The van der Waals surface area contributed by atoms with Crippen LogP contribution >= 0.6 is 0 Å². The molecule has 1 fully saturated rings. The molecule has 2 aromatic carbocycles. The zero-order valence-corrected chi connectivity index (χ0v) is 20.7. The first-order valence-electron chi connectivity index (χ1n) is 12.3. The van der Waals surface area contributed by atoms with Gasteiger partial charge in [-0.15, -0.1) is 0 Å². The topological polar surface area (TPSA) is 66.0 Å². The number of rotatable bonds is 13. The number of benzene rings is 2. The van der Waals surface area contributed by atoms with Crippen molar-refractivity contribution in [2.45, 2.75) is 70.6 Å². The number of ether oxygens (including phenoxy) is 4. The van der Waals surface area contributed by atoms with Gasteiger partial charge in [0.05, 0.1) is 0 Å². The Morgan fingerprint density at radius 2 is 1.56 bits per heavy atom. The Labute approximate surface area is 210 Å². The molecule has 0 aliphatic carbocycles. The summed E-state index contributed by atoms with van der Waals surface area (Å²) in [5.41, 5.74) is 2.30. The standard InChI is InChI=1S/C27H34F3NO5/c1-19-7-11-21(12-8-19)34-18-24-23(35-22-13-9-20(2)10-14-22)17-25(36-24)33-16-6-4-3-5-15-31-26(32)27(28,29)30/h7-14,23-25H,3-6,15-18H2,1-2H3,(H,31,32)/t23-,24+,25?/m0/s1. The van der Waals surface area contributed by atoms with Gasteiger partial charge in [0.1, 0.15) is 30.3 Å². The monoisotopic (exact) mass is 509 g/mol. The molecule has 1 aliphatic rings. The Kier molecular flexibility index (Phi) is 10.4. The summed E-state index contributed by atoms with van der Waals surface area (Å²) in [7, 11) is 0. The third-order valence-corrected chi connectivity index (χ3v) is 5.83. The molecule has 3 atom stereocenters. The largest absolute Gasteiger partial charge is 0.491 e. The van der Waals surface area contributed by atoms with Crippen molar-refractivity contribution in [3.63, 3.8) is 0 Å². The number of hydrogen-bond acceptors (Lipinski definition) is 5. The normalized spacial score (nSPS) is 19.8. The number of aryl methyl sites for hydroxylation is 2. The van der Waals surface area contributed by atoms with Crippen LogP contribution in [0.5, 0.6) is 11.5 Å². The van der Waals surface area contributed by atoms with E-state index in [1.54, 1.807) is 0 Å². The van der Waals surface area contributed by atoms with Crippen molar-refractivity contribution < 1.29 is 36.9 Å². The Balaban J connectivity index is 1.41. The highest BCUT2D eigenvalue weighted by Crippen LogP contribution is 2.28. The summed E-state index contributed by atoms with van der Waals surface area (Å²) < 4.78 is 60.6. The maximum absolute atomic E-state index is 12.2. The maximum atomic E-state index is 12.2. The minimum absolute atomic E-state index is 0.00558. The zero-order valence-electron chi connectivity index (χ0n) is 20.7. The molecule has 1 N–H and O–H groups in total. The molecule has 6 nitrogen and oxygen atoms in total. The molecule has 3 rings (SSSR count). The van der Waals surface area contributed by atoms with Crippen LogP contribution in [-0.2, 0) is 14.3 Å². The average molecular weight is 510 g/mol. The second-order valence-electron chi connectivity index (χ2n) is 8.97. The van der Waals surface area contributed by atoms with Gasteiger partial charge >= 0.3 is 12.1 Å². The van der Waals surface area contributed by atoms with Crippen LogP contribution in [0.15, 0.2) is 48.5 Å². The summed E-state index contributed by atoms with van der Waals surface area (Å²) in [6.07, 6.45) is -2.57. The first-order valence-corrected chi connectivity index (χ1v) is 12.3. The van der Waals surface area contributed by atoms with Crippen LogP contribution in [0.1, 0.15) is 43.2 Å². The molecule has 36 heavy (non-hydrogen) atoms. The van der Waals surface area contributed by atoms with E-state index in [1.807, 2.05) is 67.7 Å². The minimum atomic E-state index is -4.83. The van der Waals surface area contributed by atoms with Gasteiger partial charge in [-0.05, 0) is 51.0 Å². The van der Waals surface area contributed by atoms with Crippen LogP contribution in [0, 0.1) is 13.8 Å². The average Bonchev–Trinajstić information content (AvgIpc) is 3.22. The molecule has 0 radical (unpaired) electrons. The summed E-state index contributed by atoms with van der Waals surface area (Å²) in [6, 6.07) is 15.7. The smallest absolute Gasteiger partial charge is 0.471 e. The molecule has 0 bridgehead atoms. The van der Waals surface area contributed by atoms with Crippen molar-refractivity contribution in [2.75, 3.05) is 19.8 Å². The summed E-state index contributed by atoms with van der Waals surface area (Å²) in [5.74, 6) is -0.380. The number of carbonyl (C=O) groups is 1. The molecule has 1 unspecified atom stereocenters. The highest BCUT2D eigenvalue weighted by Gasteiger charge is 2.39. The molecular formula is C27H34F3NO5. The summed E-state index contributed by atoms with van der Waals surface area (Å²) in [6.45, 7) is 4.82. The number of alkyl halides is 3. The molecule has 2 aromatic rings. The van der Waals surface area contributed by atoms with E-state index in [2.05, 4.69) is 0 Å². The first-order chi connectivity index (χ1) is 17.2. The van der Waals surface area contributed by atoms with Gasteiger partial charge in [0, 0.05) is 19.6 Å². The molecular weight excluding hydrogens is 475 g/mol. The van der Waals surface area contributed by atoms with Gasteiger partial charge in [0.25, 0.3) is 0 Å². The van der Waals surface area contributed by atoms with Gasteiger partial charge in [-0.3, -0.25) is 4.79 Å². The first kappa shape index (κ1) is 27.8. The van der Waals surface area contributed by atoms with E-state index in [0.29, 0.717) is 32.5 Å². The highest BCUT2D eigenvalue weighted by molar-refractivity contribution is 5.81. The third kappa shape index (κ3) is 9.35. The van der Waals surface area contributed by atoms with Gasteiger partial charge in [0.2, 0.25) is 0 Å². The maximum Gasteiger partial charge on any atom is 0.471 e. The lowest BCUT2D eigenvalue weighted by molar-refractivity contribution is -0.173. The highest BCUT2D eigenvalue weighted by atomic mass is 19.4. The number of amides is 1. The minimum Gasteiger partial charge on any atom is -0.491 e. The van der Waals surface area contributed by atoms with E-state index in [0.717, 1.165) is 35.5 Å². The van der Waals surface area contributed by atoms with Crippen LogP contribution in [0.3, 0.4) is 0 Å². The van der Waals surface area contributed by atoms with Gasteiger partial charge in [0.15, 0.2) is 6.29 Å². The predicted octanol–water partition coefficient (Wildman–Crippen LogP) is 5.50. The number of unbranched alkanes of at least 4 members (excludes halogenated alkanes) is 3. The van der Waals surface area contributed by atoms with E-state index in [1.165, 1.54) is 0 Å². The van der Waals surface area contributed by atoms with E-state index in [4.69, 9.17) is 18.9 Å². The fraction of sp³-hybridized carbons (Fsp3) is 0.519. The molecule has 1 heterocycles. The van der Waals surface area contributed by atoms with Gasteiger partial charge in [-0.1, -0.05) is 48.2 Å².